The number of nitrogens with zero attached hydrogens (tertiary/aromatic N) is 1. The van der Waals surface area contributed by atoms with Crippen LogP contribution in [0.5, 0.6) is 0 Å². The van der Waals surface area contributed by atoms with Crippen LogP contribution in [0.15, 0.2) is 23.2 Å². The predicted octanol–water partition coefficient (Wildman–Crippen LogP) is 2.72. The van der Waals surface area contributed by atoms with Gasteiger partial charge in [0.05, 0.1) is 16.5 Å². The zero-order valence-electron chi connectivity index (χ0n) is 8.55. The van der Waals surface area contributed by atoms with E-state index in [1.54, 1.807) is 26.2 Å². The molecule has 0 aliphatic carbocycles. The van der Waals surface area contributed by atoms with Crippen molar-refractivity contribution in [2.45, 2.75) is 6.42 Å². The van der Waals surface area contributed by atoms with Gasteiger partial charge >= 0.3 is 0 Å². The third kappa shape index (κ3) is 3.70. The van der Waals surface area contributed by atoms with E-state index < -0.39 is 0 Å². The summed E-state index contributed by atoms with van der Waals surface area (Å²) in [6, 6.07) is 5.44. The van der Waals surface area contributed by atoms with Crippen LogP contribution < -0.4 is 5.48 Å². The summed E-state index contributed by atoms with van der Waals surface area (Å²) >= 11 is 11.7. The number of benzene rings is 1. The molecule has 15 heavy (non-hydrogen) atoms. The number of nitrogens with one attached hydrogen (secondary N) is 1. The molecule has 0 aromatic heterocycles. The van der Waals surface area contributed by atoms with Gasteiger partial charge in [0, 0.05) is 14.1 Å². The Bertz CT molecular complexity index is 366. The number of halogens is 2. The van der Waals surface area contributed by atoms with Crippen LogP contribution in [-0.2, 0) is 11.3 Å². The quantitative estimate of drug-likeness (QED) is 0.506. The van der Waals surface area contributed by atoms with Crippen molar-refractivity contribution in [2.24, 2.45) is 4.99 Å². The molecule has 0 aliphatic heterocycles. The molecule has 1 N–H and O–H groups in total. The smallest absolute Gasteiger partial charge is 0.213 e. The van der Waals surface area contributed by atoms with Gasteiger partial charge in [-0.05, 0) is 17.7 Å². The van der Waals surface area contributed by atoms with Gasteiger partial charge in [0.2, 0.25) is 5.90 Å². The minimum Gasteiger partial charge on any atom is -0.393 e. The molecule has 0 bridgehead atoms. The second-order valence-corrected chi connectivity index (χ2v) is 3.66. The highest BCUT2D eigenvalue weighted by atomic mass is 35.5. The van der Waals surface area contributed by atoms with E-state index in [1.807, 2.05) is 6.07 Å². The Morgan fingerprint density at radius 2 is 2.13 bits per heavy atom. The van der Waals surface area contributed by atoms with Crippen molar-refractivity contribution in [3.8, 4) is 0 Å². The molecule has 0 aliphatic rings. The van der Waals surface area contributed by atoms with Gasteiger partial charge in [0.15, 0.2) is 0 Å². The fourth-order valence-corrected chi connectivity index (χ4v) is 1.42. The average molecular weight is 247 g/mol. The summed E-state index contributed by atoms with van der Waals surface area (Å²) in [7, 11) is 3.35. The topological polar surface area (TPSA) is 33.6 Å². The molecule has 82 valence electrons. The van der Waals surface area contributed by atoms with E-state index >= 15 is 0 Å². The van der Waals surface area contributed by atoms with Gasteiger partial charge in [-0.25, -0.2) is 0 Å². The molecule has 0 heterocycles. The third-order valence-electron chi connectivity index (χ3n) is 1.81. The van der Waals surface area contributed by atoms with Crippen LogP contribution in [0.25, 0.3) is 0 Å². The molecule has 3 nitrogen and oxygen atoms in total. The van der Waals surface area contributed by atoms with E-state index in [-0.39, 0.29) is 0 Å². The van der Waals surface area contributed by atoms with Crippen LogP contribution in [0.2, 0.25) is 10.0 Å². The largest absolute Gasteiger partial charge is 0.393 e. The Kier molecular flexibility index (Phi) is 4.88. The maximum absolute atomic E-state index is 5.89. The van der Waals surface area contributed by atoms with Crippen molar-refractivity contribution in [3.63, 3.8) is 0 Å². The fraction of sp³-hybridized carbons (Fsp3) is 0.300. The predicted molar refractivity (Wildman–Crippen MR) is 63.7 cm³/mol. The van der Waals surface area contributed by atoms with Crippen molar-refractivity contribution in [1.82, 2.24) is 5.48 Å². The number of hydroxylamine groups is 1. The maximum atomic E-state index is 5.89. The van der Waals surface area contributed by atoms with Gasteiger partial charge in [0.25, 0.3) is 0 Å². The summed E-state index contributed by atoms with van der Waals surface area (Å²) in [4.78, 5) is 9.07. The monoisotopic (exact) mass is 246 g/mol. The normalized spacial score (nSPS) is 11.6. The Hall–Kier alpha value is -0.770. The van der Waals surface area contributed by atoms with Crippen molar-refractivity contribution in [2.75, 3.05) is 14.1 Å². The van der Waals surface area contributed by atoms with E-state index in [0.717, 1.165) is 5.56 Å². The molecule has 1 rings (SSSR count). The van der Waals surface area contributed by atoms with E-state index in [9.17, 15) is 0 Å². The number of rotatable bonds is 3. The highest BCUT2D eigenvalue weighted by Gasteiger charge is 2.04. The van der Waals surface area contributed by atoms with Crippen molar-refractivity contribution in [3.05, 3.63) is 33.8 Å². The third-order valence-corrected chi connectivity index (χ3v) is 2.55. The van der Waals surface area contributed by atoms with Gasteiger partial charge in [0.1, 0.15) is 0 Å². The lowest BCUT2D eigenvalue weighted by Gasteiger charge is -2.06. The molecule has 0 radical (unpaired) electrons. The molecule has 0 unspecified atom stereocenters. The van der Waals surface area contributed by atoms with Crippen LogP contribution in [0.4, 0.5) is 0 Å². The minimum absolute atomic E-state index is 0.536. The summed E-state index contributed by atoms with van der Waals surface area (Å²) < 4.78 is 0. The van der Waals surface area contributed by atoms with Crippen LogP contribution in [0.1, 0.15) is 5.56 Å². The van der Waals surface area contributed by atoms with E-state index in [0.29, 0.717) is 22.4 Å². The van der Waals surface area contributed by atoms with E-state index in [4.69, 9.17) is 28.0 Å². The molecule has 0 fully saturated rings. The fourth-order valence-electron chi connectivity index (χ4n) is 1.10. The van der Waals surface area contributed by atoms with Crippen molar-refractivity contribution < 1.29 is 4.84 Å². The van der Waals surface area contributed by atoms with E-state index in [1.165, 1.54) is 0 Å². The summed E-state index contributed by atoms with van der Waals surface area (Å²) in [6.45, 7) is 0. The van der Waals surface area contributed by atoms with Crippen LogP contribution in [0.3, 0.4) is 0 Å². The molecule has 5 heteroatoms. The van der Waals surface area contributed by atoms with E-state index in [2.05, 4.69) is 10.5 Å². The van der Waals surface area contributed by atoms with Crippen LogP contribution in [-0.4, -0.2) is 20.0 Å². The second kappa shape index (κ2) is 5.95. The molecular formula is C10H12Cl2N2O. The Balaban J connectivity index is 2.76. The zero-order valence-corrected chi connectivity index (χ0v) is 10.1. The highest BCUT2D eigenvalue weighted by Crippen LogP contribution is 2.22. The van der Waals surface area contributed by atoms with Gasteiger partial charge in [-0.1, -0.05) is 29.3 Å². The molecule has 0 amide bonds. The standard InChI is InChI=1S/C10H12Cl2N2O/c1-13-10(15-14-2)6-7-3-4-8(11)9(12)5-7/h3-5,14H,6H2,1-2H3. The lowest BCUT2D eigenvalue weighted by Crippen LogP contribution is -2.17. The lowest BCUT2D eigenvalue weighted by atomic mass is 10.1. The van der Waals surface area contributed by atoms with Gasteiger partial charge < -0.3 is 4.84 Å². The molecule has 0 saturated heterocycles. The molecule has 0 saturated carbocycles. The first-order valence-electron chi connectivity index (χ1n) is 4.40. The van der Waals surface area contributed by atoms with Gasteiger partial charge in [-0.3, -0.25) is 4.99 Å². The zero-order chi connectivity index (χ0) is 11.3. The summed E-state index contributed by atoms with van der Waals surface area (Å²) in [6.07, 6.45) is 0.578. The maximum Gasteiger partial charge on any atom is 0.213 e. The van der Waals surface area contributed by atoms with Gasteiger partial charge in [-0.2, -0.15) is 5.48 Å². The highest BCUT2D eigenvalue weighted by molar-refractivity contribution is 6.42. The molecule has 0 atom stereocenters. The lowest BCUT2D eigenvalue weighted by molar-refractivity contribution is 0.203. The summed E-state index contributed by atoms with van der Waals surface area (Å²) in [5, 5.41) is 1.08. The van der Waals surface area contributed by atoms with Crippen LogP contribution in [0, 0.1) is 0 Å². The summed E-state index contributed by atoms with van der Waals surface area (Å²) in [5.74, 6) is 0.593. The molecule has 0 spiro atoms. The van der Waals surface area contributed by atoms with Gasteiger partial charge in [-0.15, -0.1) is 0 Å². The molecular weight excluding hydrogens is 235 g/mol. The Labute approximate surface area is 99.0 Å². The number of hydrogen-bond donors (Lipinski definition) is 1. The minimum atomic E-state index is 0.536. The molecule has 1 aromatic carbocycles. The first-order chi connectivity index (χ1) is 7.17. The first-order valence-corrected chi connectivity index (χ1v) is 5.16. The average Bonchev–Trinajstić information content (AvgIpc) is 2.23. The number of aliphatic imine (C=N–C) groups is 1. The Morgan fingerprint density at radius 1 is 1.40 bits per heavy atom. The summed E-state index contributed by atoms with van der Waals surface area (Å²) in [5.41, 5.74) is 3.58. The molecule has 1 aromatic rings. The SMILES string of the molecule is CN=C(Cc1ccc(Cl)c(Cl)c1)ONC. The van der Waals surface area contributed by atoms with Crippen molar-refractivity contribution in [1.29, 1.82) is 0 Å². The number of hydrogen-bond acceptors (Lipinski definition) is 3. The Morgan fingerprint density at radius 3 is 2.67 bits per heavy atom. The first kappa shape index (κ1) is 12.3. The van der Waals surface area contributed by atoms with Crippen molar-refractivity contribution >= 4 is 29.1 Å². The second-order valence-electron chi connectivity index (χ2n) is 2.85. The van der Waals surface area contributed by atoms with Crippen LogP contribution >= 0.6 is 23.2 Å².